The van der Waals surface area contributed by atoms with Gasteiger partial charge in [-0.2, -0.15) is 0 Å². The Morgan fingerprint density at radius 3 is 2.30 bits per heavy atom. The van der Waals surface area contributed by atoms with Gasteiger partial charge >= 0.3 is 12.0 Å². The third-order valence-corrected chi connectivity index (χ3v) is 11.7. The zero-order valence-electron chi connectivity index (χ0n) is 34.8. The number of hydrogen-bond acceptors (Lipinski definition) is 10. The standard InChI is InChI=1S/C42H55FN8O9/c1-22-8-7-9-27(14-22)17-31(46-42(59)45-30-11-10-23(2)15-29(30)43)36(53)47-35-26(5)60-41(58)33-16-24(3)19-50(33)38(55)25(4)44-37(54)34-21-48(6)12-13-49(34)39(56)32-18-28(52)20-51(32)40(35)57/h7-11,14-15,24-26,28,31-35,52H,12-13,16-21H2,1-6H3,(H,44,54)(H,47,53)(H2,45,46,59)/t24-,25+,26+,28-,31+,32+,33+,34+,35+/m1/s1. The number of likely N-dealkylation sites (N-methyl/N-ethyl adjacent to an activating group) is 1. The molecule has 0 radical (unpaired) electrons. The molecular formula is C42H55FN8O9. The molecule has 2 aromatic carbocycles. The predicted molar refractivity (Wildman–Crippen MR) is 215 cm³/mol. The lowest BCUT2D eigenvalue weighted by Gasteiger charge is -2.42. The number of anilines is 1. The Morgan fingerprint density at radius 2 is 1.58 bits per heavy atom. The van der Waals surface area contributed by atoms with E-state index in [0.717, 1.165) is 10.5 Å². The van der Waals surface area contributed by atoms with Crippen LogP contribution in [0.25, 0.3) is 0 Å². The zero-order valence-corrected chi connectivity index (χ0v) is 34.8. The second kappa shape index (κ2) is 18.3. The van der Waals surface area contributed by atoms with Gasteiger partial charge in [0.2, 0.25) is 29.5 Å². The molecule has 324 valence electrons. The van der Waals surface area contributed by atoms with Gasteiger partial charge in [-0.1, -0.05) is 42.8 Å². The smallest absolute Gasteiger partial charge is 0.329 e. The van der Waals surface area contributed by atoms with Crippen molar-refractivity contribution in [1.29, 1.82) is 0 Å². The zero-order chi connectivity index (χ0) is 43.6. The van der Waals surface area contributed by atoms with Crippen LogP contribution in [0.15, 0.2) is 42.5 Å². The number of carbonyl (C=O) groups excluding carboxylic acids is 7. The van der Waals surface area contributed by atoms with Gasteiger partial charge in [0.05, 0.1) is 11.8 Å². The summed E-state index contributed by atoms with van der Waals surface area (Å²) in [5.41, 5.74) is 2.02. The summed E-state index contributed by atoms with van der Waals surface area (Å²) >= 11 is 0. The van der Waals surface area contributed by atoms with Crippen molar-refractivity contribution in [2.24, 2.45) is 5.92 Å². The summed E-state index contributed by atoms with van der Waals surface area (Å²) in [6, 6.07) is 3.02. The second-order valence-corrected chi connectivity index (χ2v) is 16.7. The third-order valence-electron chi connectivity index (χ3n) is 11.7. The lowest BCUT2D eigenvalue weighted by atomic mass is 10.0. The average Bonchev–Trinajstić information content (AvgIpc) is 3.78. The predicted octanol–water partition coefficient (Wildman–Crippen LogP) is 0.452. The van der Waals surface area contributed by atoms with Gasteiger partial charge in [-0.15, -0.1) is 0 Å². The SMILES string of the molecule is Cc1cccc(C[C@H](NC(=O)Nc2ccc(C)cc2F)C(=O)N[C@@H]2C(=O)N3C[C@H](O)C[C@H]3C(=O)N3CCN(C)C[C@H]3C(=O)N[C@@H](C)C(=O)N3C[C@H](C)C[C@H]3C(=O)O[C@H]2C)c1. The lowest BCUT2D eigenvalue weighted by molar-refractivity contribution is -0.163. The highest BCUT2D eigenvalue weighted by Crippen LogP contribution is 2.28. The van der Waals surface area contributed by atoms with E-state index in [1.165, 1.54) is 35.8 Å². The van der Waals surface area contributed by atoms with Gasteiger partial charge in [0, 0.05) is 45.6 Å². The van der Waals surface area contributed by atoms with E-state index in [2.05, 4.69) is 21.3 Å². The molecule has 4 saturated heterocycles. The number of ether oxygens (including phenoxy) is 1. The number of halogens is 1. The molecule has 4 aliphatic heterocycles. The number of fused-ring (bicyclic) bond motifs is 3. The molecule has 0 aliphatic carbocycles. The second-order valence-electron chi connectivity index (χ2n) is 16.7. The number of carbonyl (C=O) groups is 7. The molecule has 2 aromatic rings. The molecule has 17 nitrogen and oxygen atoms in total. The molecule has 60 heavy (non-hydrogen) atoms. The van der Waals surface area contributed by atoms with Crippen LogP contribution in [-0.4, -0.2) is 154 Å². The molecule has 0 aromatic heterocycles. The lowest BCUT2D eigenvalue weighted by Crippen LogP contribution is -2.65. The first-order valence-electron chi connectivity index (χ1n) is 20.4. The van der Waals surface area contributed by atoms with E-state index in [9.17, 15) is 43.1 Å². The number of benzene rings is 2. The van der Waals surface area contributed by atoms with Crippen molar-refractivity contribution in [2.45, 2.75) is 102 Å². The van der Waals surface area contributed by atoms with E-state index < -0.39 is 95.8 Å². The van der Waals surface area contributed by atoms with E-state index in [0.29, 0.717) is 17.7 Å². The van der Waals surface area contributed by atoms with E-state index >= 15 is 0 Å². The third kappa shape index (κ3) is 9.87. The number of hydrogen-bond donors (Lipinski definition) is 5. The molecule has 0 unspecified atom stereocenters. The topological polar surface area (TPSA) is 210 Å². The number of nitrogens with zero attached hydrogens (tertiary/aromatic N) is 4. The molecule has 0 saturated carbocycles. The summed E-state index contributed by atoms with van der Waals surface area (Å²) in [5.74, 6) is -5.12. The largest absolute Gasteiger partial charge is 0.458 e. The maximum atomic E-state index is 14.8. The van der Waals surface area contributed by atoms with Crippen molar-refractivity contribution in [3.8, 4) is 0 Å². The Kier molecular flexibility index (Phi) is 13.4. The summed E-state index contributed by atoms with van der Waals surface area (Å²) in [6.07, 6.45) is -2.55. The van der Waals surface area contributed by atoms with Gasteiger partial charge < -0.3 is 50.7 Å². The summed E-state index contributed by atoms with van der Waals surface area (Å²) in [7, 11) is 1.79. The molecule has 0 spiro atoms. The maximum Gasteiger partial charge on any atom is 0.329 e. The molecule has 18 heteroatoms. The number of rotatable bonds is 6. The van der Waals surface area contributed by atoms with Gasteiger partial charge in [-0.25, -0.2) is 14.0 Å². The summed E-state index contributed by atoms with van der Waals surface area (Å²) in [6.45, 7) is 8.85. The fraction of sp³-hybridized carbons (Fsp3) is 0.548. The Balaban J connectivity index is 1.36. The molecule has 7 amide bonds. The van der Waals surface area contributed by atoms with Crippen LogP contribution in [0.2, 0.25) is 0 Å². The van der Waals surface area contributed by atoms with Gasteiger partial charge in [0.25, 0.3) is 0 Å². The van der Waals surface area contributed by atoms with Crippen LogP contribution in [0, 0.1) is 25.6 Å². The van der Waals surface area contributed by atoms with Gasteiger partial charge in [-0.05, 0) is 70.3 Å². The van der Waals surface area contributed by atoms with E-state index in [1.807, 2.05) is 30.9 Å². The highest BCUT2D eigenvalue weighted by Gasteiger charge is 2.49. The number of aliphatic hydroxyl groups is 1. The van der Waals surface area contributed by atoms with Crippen molar-refractivity contribution in [3.63, 3.8) is 0 Å². The minimum absolute atomic E-state index is 0.0714. The first kappa shape index (κ1) is 43.9. The number of urea groups is 1. The Hall–Kier alpha value is -5.62. The van der Waals surface area contributed by atoms with Crippen molar-refractivity contribution < 1.29 is 47.8 Å². The van der Waals surface area contributed by atoms with E-state index in [1.54, 1.807) is 32.2 Å². The first-order valence-corrected chi connectivity index (χ1v) is 20.4. The molecule has 4 fully saturated rings. The number of amides is 7. The number of piperazine rings is 1. The molecule has 0 bridgehead atoms. The molecular weight excluding hydrogens is 780 g/mol. The number of nitrogens with one attached hydrogen (secondary N) is 4. The summed E-state index contributed by atoms with van der Waals surface area (Å²) in [5, 5.41) is 21.4. The minimum Gasteiger partial charge on any atom is -0.458 e. The van der Waals surface area contributed by atoms with E-state index in [4.69, 9.17) is 4.74 Å². The Morgan fingerprint density at radius 1 is 0.867 bits per heavy atom. The van der Waals surface area contributed by atoms with Crippen LogP contribution in [0.1, 0.15) is 50.3 Å². The van der Waals surface area contributed by atoms with Crippen LogP contribution in [0.5, 0.6) is 0 Å². The van der Waals surface area contributed by atoms with Crippen LogP contribution in [0.3, 0.4) is 0 Å². The highest BCUT2D eigenvalue weighted by atomic mass is 19.1. The molecule has 5 N–H and O–H groups in total. The molecule has 4 aliphatic rings. The fourth-order valence-corrected chi connectivity index (χ4v) is 8.49. The Labute approximate surface area is 348 Å². The summed E-state index contributed by atoms with van der Waals surface area (Å²) < 4.78 is 20.7. The van der Waals surface area contributed by atoms with Gasteiger partial charge in [0.15, 0.2) is 0 Å². The Bertz CT molecular complexity index is 2020. The van der Waals surface area contributed by atoms with Gasteiger partial charge in [-0.3, -0.25) is 24.0 Å². The van der Waals surface area contributed by atoms with Crippen molar-refractivity contribution in [3.05, 3.63) is 65.0 Å². The van der Waals surface area contributed by atoms with Crippen LogP contribution < -0.4 is 21.3 Å². The quantitative estimate of drug-likeness (QED) is 0.254. The summed E-state index contributed by atoms with van der Waals surface area (Å²) in [4.78, 5) is 104. The number of aryl methyl sites for hydroxylation is 2. The number of cyclic esters (lactones) is 1. The van der Waals surface area contributed by atoms with Gasteiger partial charge in [0.1, 0.15) is 48.2 Å². The average molecular weight is 835 g/mol. The van der Waals surface area contributed by atoms with Crippen molar-refractivity contribution in [1.82, 2.24) is 35.6 Å². The normalized spacial score (nSPS) is 28.6. The highest BCUT2D eigenvalue weighted by molar-refractivity contribution is 5.99. The molecule has 9 atom stereocenters. The molecule has 4 heterocycles. The monoisotopic (exact) mass is 834 g/mol. The van der Waals surface area contributed by atoms with E-state index in [-0.39, 0.29) is 57.0 Å². The number of aliphatic hydroxyl groups excluding tert-OH is 1. The maximum absolute atomic E-state index is 14.8. The van der Waals surface area contributed by atoms with Crippen molar-refractivity contribution >= 4 is 47.2 Å². The van der Waals surface area contributed by atoms with Crippen LogP contribution in [0.4, 0.5) is 14.9 Å². The first-order chi connectivity index (χ1) is 28.4. The van der Waals surface area contributed by atoms with Crippen LogP contribution >= 0.6 is 0 Å². The molecule has 6 rings (SSSR count). The fourth-order valence-electron chi connectivity index (χ4n) is 8.49. The number of esters is 1. The van der Waals surface area contributed by atoms with Crippen LogP contribution in [-0.2, 0) is 39.9 Å². The minimum atomic E-state index is -1.66. The van der Waals surface area contributed by atoms with Crippen molar-refractivity contribution in [2.75, 3.05) is 45.1 Å².